The second-order valence-corrected chi connectivity index (χ2v) is 6.70. The summed E-state index contributed by atoms with van der Waals surface area (Å²) in [6.45, 7) is 13.9. The van der Waals surface area contributed by atoms with Gasteiger partial charge in [-0.2, -0.15) is 0 Å². The minimum atomic E-state index is -0.807. The zero-order valence-electron chi connectivity index (χ0n) is 14.8. The molecule has 2 N–H and O–H groups in total. The monoisotopic (exact) mass is 328 g/mol. The van der Waals surface area contributed by atoms with E-state index in [9.17, 15) is 14.4 Å². The topological polar surface area (TPSA) is 93.7 Å². The Bertz CT molecular complexity index is 452. The van der Waals surface area contributed by atoms with Crippen molar-refractivity contribution in [1.29, 1.82) is 0 Å². The van der Waals surface area contributed by atoms with Gasteiger partial charge >= 0.3 is 12.1 Å². The molecule has 0 aliphatic carbocycles. The van der Waals surface area contributed by atoms with Gasteiger partial charge in [-0.1, -0.05) is 20.4 Å². The Hall–Kier alpha value is -2.05. The van der Waals surface area contributed by atoms with Crippen LogP contribution in [0.4, 0.5) is 4.79 Å². The molecular weight excluding hydrogens is 300 g/mol. The van der Waals surface area contributed by atoms with Gasteiger partial charge < -0.3 is 20.1 Å². The molecule has 0 aliphatic heterocycles. The third-order valence-corrected chi connectivity index (χ3v) is 2.51. The molecule has 0 bridgehead atoms. The van der Waals surface area contributed by atoms with Crippen molar-refractivity contribution in [3.05, 3.63) is 12.2 Å². The van der Waals surface area contributed by atoms with Gasteiger partial charge in [-0.3, -0.25) is 9.59 Å². The Labute approximate surface area is 137 Å². The molecule has 7 nitrogen and oxygen atoms in total. The highest BCUT2D eigenvalue weighted by Crippen LogP contribution is 2.08. The van der Waals surface area contributed by atoms with Crippen LogP contribution in [-0.2, 0) is 19.1 Å². The maximum Gasteiger partial charge on any atom is 0.408 e. The SMILES string of the molecule is C=C(C)COC(=O)CNC(=O)[C@@H](NC(=O)OC(C)(C)C)C(C)C. The largest absolute Gasteiger partial charge is 0.460 e. The predicted molar refractivity (Wildman–Crippen MR) is 86.8 cm³/mol. The Kier molecular flexibility index (Phi) is 8.35. The molecule has 0 fully saturated rings. The van der Waals surface area contributed by atoms with Crippen LogP contribution in [-0.4, -0.2) is 42.8 Å². The molecule has 0 unspecified atom stereocenters. The standard InChI is InChI=1S/C16H28N2O5/c1-10(2)9-22-12(19)8-17-14(20)13(11(3)4)18-15(21)23-16(5,6)7/h11,13H,1,8-9H2,2-7H3,(H,17,20)(H,18,21)/t13-/m0/s1. The van der Waals surface area contributed by atoms with Crippen molar-refractivity contribution in [3.63, 3.8) is 0 Å². The van der Waals surface area contributed by atoms with Gasteiger partial charge in [0.25, 0.3) is 0 Å². The summed E-state index contributed by atoms with van der Waals surface area (Å²) in [5.74, 6) is -1.21. The fourth-order valence-electron chi connectivity index (χ4n) is 1.49. The predicted octanol–water partition coefficient (Wildman–Crippen LogP) is 1.77. The zero-order valence-corrected chi connectivity index (χ0v) is 14.8. The number of carbonyl (C=O) groups excluding carboxylic acids is 3. The first-order valence-electron chi connectivity index (χ1n) is 7.49. The van der Waals surface area contributed by atoms with Crippen molar-refractivity contribution >= 4 is 18.0 Å². The van der Waals surface area contributed by atoms with Crippen LogP contribution >= 0.6 is 0 Å². The first-order chi connectivity index (χ1) is 10.4. The van der Waals surface area contributed by atoms with E-state index in [0.29, 0.717) is 5.57 Å². The lowest BCUT2D eigenvalue weighted by Gasteiger charge is -2.25. The molecule has 0 aromatic heterocycles. The molecule has 0 radical (unpaired) electrons. The van der Waals surface area contributed by atoms with E-state index in [1.807, 2.05) is 0 Å². The highest BCUT2D eigenvalue weighted by molar-refractivity contribution is 5.88. The van der Waals surface area contributed by atoms with Crippen molar-refractivity contribution in [2.75, 3.05) is 13.2 Å². The lowest BCUT2D eigenvalue weighted by atomic mass is 10.0. The number of rotatable bonds is 7. The van der Waals surface area contributed by atoms with Crippen molar-refractivity contribution < 1.29 is 23.9 Å². The van der Waals surface area contributed by atoms with Crippen LogP contribution in [0.1, 0.15) is 41.5 Å². The Morgan fingerprint density at radius 1 is 1.17 bits per heavy atom. The van der Waals surface area contributed by atoms with E-state index in [-0.39, 0.29) is 19.1 Å². The average molecular weight is 328 g/mol. The molecule has 0 aliphatic rings. The summed E-state index contributed by atoms with van der Waals surface area (Å²) in [6, 6.07) is -0.807. The van der Waals surface area contributed by atoms with Gasteiger partial charge in [0, 0.05) is 0 Å². The maximum absolute atomic E-state index is 12.1. The summed E-state index contributed by atoms with van der Waals surface area (Å²) in [4.78, 5) is 35.4. The van der Waals surface area contributed by atoms with Crippen LogP contribution in [0.15, 0.2) is 12.2 Å². The number of amides is 2. The summed E-state index contributed by atoms with van der Waals surface area (Å²) >= 11 is 0. The van der Waals surface area contributed by atoms with E-state index in [2.05, 4.69) is 17.2 Å². The van der Waals surface area contributed by atoms with Crippen molar-refractivity contribution in [1.82, 2.24) is 10.6 Å². The molecule has 1 atom stereocenters. The third kappa shape index (κ3) is 10.3. The van der Waals surface area contributed by atoms with Crippen molar-refractivity contribution in [2.45, 2.75) is 53.2 Å². The number of alkyl carbamates (subject to hydrolysis) is 1. The molecule has 2 amide bonds. The fraction of sp³-hybridized carbons (Fsp3) is 0.688. The number of hydrogen-bond acceptors (Lipinski definition) is 5. The molecule has 0 rings (SSSR count). The summed E-state index contributed by atoms with van der Waals surface area (Å²) < 4.78 is 10.0. The van der Waals surface area contributed by atoms with Crippen LogP contribution < -0.4 is 10.6 Å². The van der Waals surface area contributed by atoms with Gasteiger partial charge in [0.15, 0.2) is 0 Å². The number of nitrogens with one attached hydrogen (secondary N) is 2. The molecule has 0 aromatic rings. The second kappa shape index (κ2) is 9.17. The van der Waals surface area contributed by atoms with Gasteiger partial charge in [0.05, 0.1) is 0 Å². The van der Waals surface area contributed by atoms with E-state index < -0.39 is 29.6 Å². The highest BCUT2D eigenvalue weighted by Gasteiger charge is 2.27. The Balaban J connectivity index is 4.49. The highest BCUT2D eigenvalue weighted by atomic mass is 16.6. The molecule has 0 aromatic carbocycles. The van der Waals surface area contributed by atoms with E-state index >= 15 is 0 Å². The van der Waals surface area contributed by atoms with E-state index in [1.54, 1.807) is 41.5 Å². The van der Waals surface area contributed by atoms with Gasteiger partial charge in [0.1, 0.15) is 24.8 Å². The van der Waals surface area contributed by atoms with Crippen molar-refractivity contribution in [2.24, 2.45) is 5.92 Å². The Morgan fingerprint density at radius 2 is 1.74 bits per heavy atom. The van der Waals surface area contributed by atoms with Gasteiger partial charge in [0.2, 0.25) is 5.91 Å². The molecule has 7 heteroatoms. The van der Waals surface area contributed by atoms with Gasteiger partial charge in [-0.25, -0.2) is 4.79 Å². The number of ether oxygens (including phenoxy) is 2. The van der Waals surface area contributed by atoms with Gasteiger partial charge in [-0.05, 0) is 39.2 Å². The quantitative estimate of drug-likeness (QED) is 0.549. The van der Waals surface area contributed by atoms with Crippen LogP contribution in [0, 0.1) is 5.92 Å². The molecule has 23 heavy (non-hydrogen) atoms. The molecular formula is C16H28N2O5. The van der Waals surface area contributed by atoms with Gasteiger partial charge in [-0.15, -0.1) is 0 Å². The summed E-state index contributed by atoms with van der Waals surface area (Å²) in [5, 5.41) is 4.95. The molecule has 0 saturated heterocycles. The van der Waals surface area contributed by atoms with E-state index in [4.69, 9.17) is 9.47 Å². The zero-order chi connectivity index (χ0) is 18.2. The minimum absolute atomic E-state index is 0.110. The van der Waals surface area contributed by atoms with Crippen molar-refractivity contribution in [3.8, 4) is 0 Å². The third-order valence-electron chi connectivity index (χ3n) is 2.51. The molecule has 0 spiro atoms. The molecule has 0 saturated carbocycles. The normalized spacial score (nSPS) is 12.3. The smallest absolute Gasteiger partial charge is 0.408 e. The maximum atomic E-state index is 12.1. The summed E-state index contributed by atoms with van der Waals surface area (Å²) in [6.07, 6.45) is -0.684. The van der Waals surface area contributed by atoms with E-state index in [0.717, 1.165) is 0 Å². The van der Waals surface area contributed by atoms with Crippen LogP contribution in [0.5, 0.6) is 0 Å². The first-order valence-corrected chi connectivity index (χ1v) is 7.49. The minimum Gasteiger partial charge on any atom is -0.460 e. The van der Waals surface area contributed by atoms with Crippen LogP contribution in [0.3, 0.4) is 0 Å². The molecule has 0 heterocycles. The average Bonchev–Trinajstić information content (AvgIpc) is 2.37. The summed E-state index contributed by atoms with van der Waals surface area (Å²) in [7, 11) is 0. The second-order valence-electron chi connectivity index (χ2n) is 6.70. The molecule has 132 valence electrons. The first kappa shape index (κ1) is 20.9. The van der Waals surface area contributed by atoms with Crippen LogP contribution in [0.2, 0.25) is 0 Å². The number of esters is 1. The lowest BCUT2D eigenvalue weighted by Crippen LogP contribution is -2.51. The fourth-order valence-corrected chi connectivity index (χ4v) is 1.49. The number of carbonyl (C=O) groups is 3. The Morgan fingerprint density at radius 3 is 2.17 bits per heavy atom. The number of hydrogen-bond donors (Lipinski definition) is 2. The summed E-state index contributed by atoms with van der Waals surface area (Å²) in [5.41, 5.74) is 0.0466. The lowest BCUT2D eigenvalue weighted by molar-refractivity contribution is -0.143. The van der Waals surface area contributed by atoms with Crippen LogP contribution in [0.25, 0.3) is 0 Å². The van der Waals surface area contributed by atoms with E-state index in [1.165, 1.54) is 0 Å².